The van der Waals surface area contributed by atoms with Crippen LogP contribution in [-0.2, 0) is 0 Å². The average Bonchev–Trinajstić information content (AvgIpc) is 2.13. The van der Waals surface area contributed by atoms with E-state index in [4.69, 9.17) is 0 Å². The van der Waals surface area contributed by atoms with E-state index in [1.165, 1.54) is 5.56 Å². The van der Waals surface area contributed by atoms with Gasteiger partial charge in [0.05, 0.1) is 5.60 Å². The second-order valence-corrected chi connectivity index (χ2v) is 4.13. The maximum absolute atomic E-state index is 9.85. The first-order valence-electron chi connectivity index (χ1n) is 5.03. The van der Waals surface area contributed by atoms with Gasteiger partial charge in [-0.3, -0.25) is 0 Å². The Balaban J connectivity index is 2.06. The first kappa shape index (κ1) is 9.46. The summed E-state index contributed by atoms with van der Waals surface area (Å²) in [5.41, 5.74) is 0.729. The molecule has 1 saturated heterocycles. The number of aromatic nitrogens is 1. The zero-order valence-electron chi connectivity index (χ0n) is 8.70. The molecule has 0 unspecified atom stereocenters. The molecule has 3 nitrogen and oxygen atoms in total. The van der Waals surface area contributed by atoms with Crippen LogP contribution in [0, 0.1) is 6.92 Å². The molecule has 2 heterocycles. The van der Waals surface area contributed by atoms with Gasteiger partial charge in [-0.15, -0.1) is 0 Å². The highest BCUT2D eigenvalue weighted by atomic mass is 16.3. The van der Waals surface area contributed by atoms with Crippen molar-refractivity contribution in [3.8, 4) is 0 Å². The highest BCUT2D eigenvalue weighted by Crippen LogP contribution is 2.28. The van der Waals surface area contributed by atoms with E-state index in [0.29, 0.717) is 13.1 Å². The summed E-state index contributed by atoms with van der Waals surface area (Å²) in [6.45, 7) is 5.48. The fourth-order valence-corrected chi connectivity index (χ4v) is 1.74. The molecule has 1 aliphatic heterocycles. The number of pyridine rings is 1. The summed E-state index contributed by atoms with van der Waals surface area (Å²) in [6, 6.07) is 4.03. The van der Waals surface area contributed by atoms with Gasteiger partial charge in [0.2, 0.25) is 0 Å². The second-order valence-electron chi connectivity index (χ2n) is 4.13. The zero-order valence-corrected chi connectivity index (χ0v) is 8.70. The zero-order chi connectivity index (χ0) is 10.2. The van der Waals surface area contributed by atoms with E-state index in [1.807, 2.05) is 19.2 Å². The van der Waals surface area contributed by atoms with Gasteiger partial charge in [0.1, 0.15) is 5.82 Å². The largest absolute Gasteiger partial charge is 0.386 e. The molecule has 1 aromatic rings. The van der Waals surface area contributed by atoms with Crippen LogP contribution >= 0.6 is 0 Å². The van der Waals surface area contributed by atoms with Crippen molar-refractivity contribution in [2.45, 2.75) is 25.9 Å². The summed E-state index contributed by atoms with van der Waals surface area (Å²) < 4.78 is 0. The van der Waals surface area contributed by atoms with Crippen LogP contribution in [0.1, 0.15) is 18.9 Å². The van der Waals surface area contributed by atoms with Gasteiger partial charge in [0.15, 0.2) is 0 Å². The SMILES string of the molecule is CCC1(O)CN(c2cc(C)ccn2)C1. The number of aryl methyl sites for hydroxylation is 1. The van der Waals surface area contributed by atoms with Gasteiger partial charge in [0.25, 0.3) is 0 Å². The van der Waals surface area contributed by atoms with Gasteiger partial charge >= 0.3 is 0 Å². The summed E-state index contributed by atoms with van der Waals surface area (Å²) in [7, 11) is 0. The van der Waals surface area contributed by atoms with Crippen molar-refractivity contribution >= 4 is 5.82 Å². The van der Waals surface area contributed by atoms with E-state index in [-0.39, 0.29) is 0 Å². The third kappa shape index (κ3) is 1.60. The van der Waals surface area contributed by atoms with Gasteiger partial charge in [0, 0.05) is 19.3 Å². The molecular weight excluding hydrogens is 176 g/mol. The van der Waals surface area contributed by atoms with Crippen molar-refractivity contribution in [3.63, 3.8) is 0 Å². The van der Waals surface area contributed by atoms with Crippen molar-refractivity contribution in [2.75, 3.05) is 18.0 Å². The van der Waals surface area contributed by atoms with E-state index >= 15 is 0 Å². The molecule has 0 bridgehead atoms. The minimum Gasteiger partial charge on any atom is -0.386 e. The van der Waals surface area contributed by atoms with Crippen LogP contribution in [0.4, 0.5) is 5.82 Å². The number of nitrogens with zero attached hydrogens (tertiary/aromatic N) is 2. The Kier molecular flexibility index (Phi) is 2.19. The smallest absolute Gasteiger partial charge is 0.128 e. The van der Waals surface area contributed by atoms with E-state index in [0.717, 1.165) is 12.2 Å². The Hall–Kier alpha value is -1.09. The molecule has 0 spiro atoms. The summed E-state index contributed by atoms with van der Waals surface area (Å²) >= 11 is 0. The highest BCUT2D eigenvalue weighted by molar-refractivity contribution is 5.45. The third-order valence-electron chi connectivity index (χ3n) is 2.85. The molecule has 0 saturated carbocycles. The molecule has 0 aromatic carbocycles. The van der Waals surface area contributed by atoms with Crippen molar-refractivity contribution in [1.29, 1.82) is 0 Å². The summed E-state index contributed by atoms with van der Waals surface area (Å²) in [5, 5.41) is 9.85. The molecule has 76 valence electrons. The number of β-amino-alcohol motifs (C(OH)–C–C–N with tert-alkyl or cyclic N) is 1. The van der Waals surface area contributed by atoms with E-state index in [9.17, 15) is 5.11 Å². The minimum absolute atomic E-state index is 0.481. The van der Waals surface area contributed by atoms with Crippen LogP contribution in [0.15, 0.2) is 18.3 Å². The number of hydrogen-bond donors (Lipinski definition) is 1. The molecule has 1 fully saturated rings. The molecule has 14 heavy (non-hydrogen) atoms. The molecule has 3 heteroatoms. The lowest BCUT2D eigenvalue weighted by atomic mass is 9.91. The molecule has 1 aromatic heterocycles. The monoisotopic (exact) mass is 192 g/mol. The summed E-state index contributed by atoms with van der Waals surface area (Å²) in [4.78, 5) is 6.38. The molecule has 1 N–H and O–H groups in total. The lowest BCUT2D eigenvalue weighted by molar-refractivity contribution is 0.00806. The predicted octanol–water partition coefficient (Wildman–Crippen LogP) is 1.35. The Morgan fingerprint density at radius 1 is 1.57 bits per heavy atom. The normalized spacial score (nSPS) is 19.2. The highest BCUT2D eigenvalue weighted by Gasteiger charge is 2.39. The maximum Gasteiger partial charge on any atom is 0.128 e. The van der Waals surface area contributed by atoms with Gasteiger partial charge < -0.3 is 10.0 Å². The Labute approximate surface area is 84.4 Å². The van der Waals surface area contributed by atoms with Gasteiger partial charge in [-0.2, -0.15) is 0 Å². The molecule has 0 radical (unpaired) electrons. The van der Waals surface area contributed by atoms with Crippen molar-refractivity contribution in [1.82, 2.24) is 4.98 Å². The average molecular weight is 192 g/mol. The molecule has 2 rings (SSSR count). The number of anilines is 1. The van der Waals surface area contributed by atoms with Crippen LogP contribution in [0.2, 0.25) is 0 Å². The lowest BCUT2D eigenvalue weighted by Gasteiger charge is -2.46. The standard InChI is InChI=1S/C11H16N2O/c1-3-11(14)7-13(8-11)10-6-9(2)4-5-12-10/h4-6,14H,3,7-8H2,1-2H3. The Bertz CT molecular complexity index is 332. The predicted molar refractivity (Wildman–Crippen MR) is 56.4 cm³/mol. The van der Waals surface area contributed by atoms with Crippen LogP contribution in [0.25, 0.3) is 0 Å². The third-order valence-corrected chi connectivity index (χ3v) is 2.85. The number of rotatable bonds is 2. The van der Waals surface area contributed by atoms with Crippen LogP contribution in [0.3, 0.4) is 0 Å². The molecular formula is C11H16N2O. The lowest BCUT2D eigenvalue weighted by Crippen LogP contribution is -2.61. The maximum atomic E-state index is 9.85. The number of hydrogen-bond acceptors (Lipinski definition) is 3. The molecule has 0 aliphatic carbocycles. The van der Waals surface area contributed by atoms with E-state index in [1.54, 1.807) is 0 Å². The quantitative estimate of drug-likeness (QED) is 0.768. The molecule has 0 atom stereocenters. The first-order chi connectivity index (χ1) is 6.63. The summed E-state index contributed by atoms with van der Waals surface area (Å²) in [6.07, 6.45) is 2.63. The molecule has 0 amide bonds. The van der Waals surface area contributed by atoms with Crippen molar-refractivity contribution in [3.05, 3.63) is 23.9 Å². The second kappa shape index (κ2) is 3.24. The molecule has 1 aliphatic rings. The van der Waals surface area contributed by atoms with Crippen LogP contribution < -0.4 is 4.90 Å². The van der Waals surface area contributed by atoms with Gasteiger partial charge in [-0.05, 0) is 31.0 Å². The first-order valence-corrected chi connectivity index (χ1v) is 5.03. The van der Waals surface area contributed by atoms with Crippen LogP contribution in [-0.4, -0.2) is 28.8 Å². The Morgan fingerprint density at radius 3 is 2.86 bits per heavy atom. The van der Waals surface area contributed by atoms with E-state index in [2.05, 4.69) is 22.9 Å². The van der Waals surface area contributed by atoms with Gasteiger partial charge in [-0.25, -0.2) is 4.98 Å². The van der Waals surface area contributed by atoms with Gasteiger partial charge in [-0.1, -0.05) is 6.92 Å². The summed E-state index contributed by atoms with van der Waals surface area (Å²) in [5.74, 6) is 0.975. The fourth-order valence-electron chi connectivity index (χ4n) is 1.74. The van der Waals surface area contributed by atoms with Crippen molar-refractivity contribution < 1.29 is 5.11 Å². The minimum atomic E-state index is -0.481. The Morgan fingerprint density at radius 2 is 2.29 bits per heavy atom. The fraction of sp³-hybridized carbons (Fsp3) is 0.545. The number of aliphatic hydroxyl groups is 1. The van der Waals surface area contributed by atoms with E-state index < -0.39 is 5.60 Å². The van der Waals surface area contributed by atoms with Crippen molar-refractivity contribution in [2.24, 2.45) is 0 Å². The topological polar surface area (TPSA) is 36.4 Å². The van der Waals surface area contributed by atoms with Crippen LogP contribution in [0.5, 0.6) is 0 Å².